The van der Waals surface area contributed by atoms with E-state index in [1.54, 1.807) is 11.8 Å². The van der Waals surface area contributed by atoms with Crippen LogP contribution in [-0.4, -0.2) is 263 Å². The molecule has 6 fully saturated rings. The van der Waals surface area contributed by atoms with Gasteiger partial charge in [-0.25, -0.2) is 0 Å². The number of rotatable bonds is 11. The number of hydrogen-bond acceptors (Lipinski definition) is 13. The second kappa shape index (κ2) is 36.6. The number of amides is 12. The van der Waals surface area contributed by atoms with Crippen LogP contribution in [0.3, 0.4) is 0 Å². The summed E-state index contributed by atoms with van der Waals surface area (Å²) in [7, 11) is 9.89. The van der Waals surface area contributed by atoms with E-state index in [2.05, 4.69) is 16.0 Å². The topological polar surface area (TPSA) is 290 Å². The molecule has 6 aliphatic rings. The van der Waals surface area contributed by atoms with Crippen molar-refractivity contribution in [2.24, 2.45) is 23.7 Å². The van der Waals surface area contributed by atoms with Crippen molar-refractivity contribution in [3.63, 3.8) is 0 Å². The van der Waals surface area contributed by atoms with Gasteiger partial charge in [0.2, 0.25) is 70.9 Å². The number of alkyl halides is 3. The van der Waals surface area contributed by atoms with Crippen LogP contribution in [0.1, 0.15) is 187 Å². The summed E-state index contributed by atoms with van der Waals surface area (Å²) >= 11 is 6.15. The Kier molecular flexibility index (Phi) is 29.5. The molecule has 1 spiro atoms. The summed E-state index contributed by atoms with van der Waals surface area (Å²) < 4.78 is 41.7. The van der Waals surface area contributed by atoms with Crippen LogP contribution in [0.15, 0.2) is 18.2 Å². The van der Waals surface area contributed by atoms with Crippen molar-refractivity contribution in [2.45, 2.75) is 242 Å². The zero-order chi connectivity index (χ0) is 75.2. The number of fused-ring (bicyclic) bond motifs is 1. The van der Waals surface area contributed by atoms with E-state index in [0.29, 0.717) is 58.0 Å². The maximum atomic E-state index is 15.8. The molecule has 3 saturated carbocycles. The average molecular weight is 1460 g/mol. The molecule has 4 N–H and O–H groups in total. The smallest absolute Gasteiger partial charge is 0.391 e. The molecule has 0 radical (unpaired) electrons. The van der Waals surface area contributed by atoms with Gasteiger partial charge in [0.1, 0.15) is 47.8 Å². The molecule has 9 atom stereocenters. The molecule has 3 aliphatic carbocycles. The van der Waals surface area contributed by atoms with E-state index in [0.717, 1.165) is 89.5 Å². The number of aliphatic hydroxyl groups excluding tert-OH is 1. The number of hydrogen-bond donors (Lipinski definition) is 4. The molecule has 7 rings (SSSR count). The Balaban J connectivity index is 1.30. The predicted molar refractivity (Wildman–Crippen MR) is 375 cm³/mol. The lowest BCUT2D eigenvalue weighted by molar-refractivity contribution is -0.157. The second-order valence-corrected chi connectivity index (χ2v) is 30.8. The van der Waals surface area contributed by atoms with Gasteiger partial charge < -0.3 is 65.2 Å². The molecule has 3 aliphatic heterocycles. The van der Waals surface area contributed by atoms with Crippen LogP contribution in [0, 0.1) is 23.7 Å². The summed E-state index contributed by atoms with van der Waals surface area (Å²) in [6.45, 7) is 5.86. The lowest BCUT2D eigenvalue weighted by atomic mass is 9.81. The second-order valence-electron chi connectivity index (χ2n) is 30.4. The number of aryl methyl sites for hydroxylation is 1. The van der Waals surface area contributed by atoms with Gasteiger partial charge in [0.25, 0.3) is 0 Å². The zero-order valence-corrected chi connectivity index (χ0v) is 62.5. The Morgan fingerprint density at radius 3 is 1.84 bits per heavy atom. The van der Waals surface area contributed by atoms with Gasteiger partial charge in [-0.1, -0.05) is 116 Å². The first kappa shape index (κ1) is 82.2. The lowest BCUT2D eigenvalue weighted by Crippen LogP contribution is -2.65. The molecule has 3 saturated heterocycles. The van der Waals surface area contributed by atoms with Crippen molar-refractivity contribution in [3.8, 4) is 0 Å². The predicted octanol–water partition coefficient (Wildman–Crippen LogP) is 5.39. The minimum Gasteiger partial charge on any atom is -0.391 e. The Morgan fingerprint density at radius 2 is 1.25 bits per heavy atom. The van der Waals surface area contributed by atoms with Crippen molar-refractivity contribution < 1.29 is 75.8 Å². The van der Waals surface area contributed by atoms with Gasteiger partial charge in [-0.2, -0.15) is 13.2 Å². The van der Waals surface area contributed by atoms with E-state index in [-0.39, 0.29) is 62.3 Å². The Labute approximate surface area is 604 Å². The number of nitrogens with one attached hydrogen (secondary N) is 3. The van der Waals surface area contributed by atoms with Gasteiger partial charge >= 0.3 is 6.18 Å². The summed E-state index contributed by atoms with van der Waals surface area (Å²) in [5, 5.41) is 19.4. The van der Waals surface area contributed by atoms with Gasteiger partial charge in [-0.15, -0.1) is 0 Å². The van der Waals surface area contributed by atoms with Crippen molar-refractivity contribution in [3.05, 3.63) is 34.3 Å². The van der Waals surface area contributed by atoms with Gasteiger partial charge in [0, 0.05) is 75.4 Å². The minimum atomic E-state index is -4.78. The maximum absolute atomic E-state index is 15.8. The summed E-state index contributed by atoms with van der Waals surface area (Å²) in [6.07, 6.45) is 4.29. The number of likely N-dealkylation sites (N-methyl/N-ethyl adjacent to an activating group) is 7. The van der Waals surface area contributed by atoms with Crippen molar-refractivity contribution in [1.82, 2.24) is 60.0 Å². The average Bonchev–Trinajstić information content (AvgIpc) is 1.45. The fourth-order valence-electron chi connectivity index (χ4n) is 15.9. The molecule has 0 bridgehead atoms. The standard InChI is InChI=1S/C73H112ClF3N12O13/c1-12-46(4)62-69(100)83(7)43-60(93)81(5)44-61(94)85(9)56(38-47-24-16-13-17-25-47)67(98)82(6)42-58(91)78-53(31-29-48-28-30-51(52(74)37-48)73(75,76)77)66(97)89-41-50(90)39-55(89)65(96)80-72(32-20-21-33-72)71(102)87(11)63(49-26-18-14-19-27-49)70(101)86(10)57(68(99)88-34-22-15-23-35-88)40-59(92)84(8)54(36-45(2)3)64(95)79-62/h28,30,37,45-47,49-50,53-57,62-63,90H,12-27,29,31-36,38-44H2,1-11H3,(H,78,91)(H,79,95)(H,80,96)/t46-,50-,53-,54-,55-,56-,57-,62-,63-/m0/s1. The first-order chi connectivity index (χ1) is 48.1. The summed E-state index contributed by atoms with van der Waals surface area (Å²) in [5.74, 6) is -9.38. The van der Waals surface area contributed by atoms with E-state index in [1.807, 2.05) is 20.8 Å². The number of benzene rings is 1. The van der Waals surface area contributed by atoms with E-state index < -0.39 is 186 Å². The molecular formula is C73H112ClF3N12O13. The zero-order valence-electron chi connectivity index (χ0n) is 61.8. The third-order valence-corrected chi connectivity index (χ3v) is 22.7. The van der Waals surface area contributed by atoms with Gasteiger partial charge in [-0.3, -0.25) is 57.5 Å². The van der Waals surface area contributed by atoms with Crippen LogP contribution in [0.5, 0.6) is 0 Å². The normalized spacial score (nSPS) is 27.4. The molecular weight excluding hydrogens is 1350 g/mol. The van der Waals surface area contributed by atoms with Crippen LogP contribution >= 0.6 is 11.6 Å². The van der Waals surface area contributed by atoms with Crippen molar-refractivity contribution >= 4 is 82.5 Å². The highest BCUT2D eigenvalue weighted by Gasteiger charge is 2.52. The number of aliphatic hydroxyl groups is 1. The molecule has 12 amide bonds. The third-order valence-electron chi connectivity index (χ3n) is 22.4. The number of carbonyl (C=O) groups is 12. The molecule has 570 valence electrons. The lowest BCUT2D eigenvalue weighted by Gasteiger charge is -2.43. The van der Waals surface area contributed by atoms with Gasteiger partial charge in [0.05, 0.1) is 42.7 Å². The fourth-order valence-corrected chi connectivity index (χ4v) is 16.2. The summed E-state index contributed by atoms with van der Waals surface area (Å²) in [5.41, 5.74) is -2.51. The molecule has 1 aromatic carbocycles. The van der Waals surface area contributed by atoms with Crippen LogP contribution in [-0.2, 0) is 70.1 Å². The quantitative estimate of drug-likeness (QED) is 0.216. The summed E-state index contributed by atoms with van der Waals surface area (Å²) in [6, 6.07) is -6.14. The van der Waals surface area contributed by atoms with Crippen LogP contribution in [0.4, 0.5) is 13.2 Å². The number of piperidine rings is 1. The van der Waals surface area contributed by atoms with Crippen LogP contribution in [0.2, 0.25) is 5.02 Å². The van der Waals surface area contributed by atoms with Crippen LogP contribution in [0.25, 0.3) is 0 Å². The molecule has 0 unspecified atom stereocenters. The van der Waals surface area contributed by atoms with E-state index in [4.69, 9.17) is 11.6 Å². The molecule has 25 nitrogen and oxygen atoms in total. The molecule has 102 heavy (non-hydrogen) atoms. The molecule has 3 heterocycles. The third kappa shape index (κ3) is 20.7. The Hall–Kier alpha value is -7.10. The highest BCUT2D eigenvalue weighted by molar-refractivity contribution is 6.31. The number of carbonyl (C=O) groups excluding carboxylic acids is 12. The highest BCUT2D eigenvalue weighted by Crippen LogP contribution is 2.39. The van der Waals surface area contributed by atoms with Crippen LogP contribution < -0.4 is 16.0 Å². The van der Waals surface area contributed by atoms with E-state index >= 15 is 28.8 Å². The highest BCUT2D eigenvalue weighted by atomic mass is 35.5. The first-order valence-electron chi connectivity index (χ1n) is 36.9. The summed E-state index contributed by atoms with van der Waals surface area (Å²) in [4.78, 5) is 191. The number of halogens is 4. The monoisotopic (exact) mass is 1460 g/mol. The van der Waals surface area contributed by atoms with E-state index in [9.17, 15) is 47.0 Å². The minimum absolute atomic E-state index is 0.00297. The molecule has 29 heteroatoms. The van der Waals surface area contributed by atoms with Crippen molar-refractivity contribution in [2.75, 3.05) is 88.6 Å². The SMILES string of the molecule is CC[C@H](C)[C@@H]1NC(=O)[C@H](CC(C)C)N(C)C(=O)C[C@@H](C(=O)N2CCCCC2)N(C)C(=O)[C@H](C2CCCCC2)N(C)C(=O)C2(CCCC2)NC(=O)[C@@H]2C[C@H](O)CN2C(=O)[C@H](CCc2ccc(C(F)(F)F)c(Cl)c2)NC(=O)CN(C)C(=O)[C@H](CC2CCCCC2)N(C)C(=O)CN(C)C(=O)CN(C)C1=O. The van der Waals surface area contributed by atoms with E-state index in [1.165, 1.54) is 75.0 Å². The molecule has 0 aromatic heterocycles. The first-order valence-corrected chi connectivity index (χ1v) is 37.3. The maximum Gasteiger partial charge on any atom is 0.417 e. The molecule has 1 aromatic rings. The van der Waals surface area contributed by atoms with Gasteiger partial charge in [-0.05, 0) is 112 Å². The number of likely N-dealkylation sites (tertiary alicyclic amines) is 1. The Bertz CT molecular complexity index is 3170. The largest absolute Gasteiger partial charge is 0.417 e. The Morgan fingerprint density at radius 1 is 0.657 bits per heavy atom. The van der Waals surface area contributed by atoms with Gasteiger partial charge in [0.15, 0.2) is 0 Å². The van der Waals surface area contributed by atoms with Crippen molar-refractivity contribution in [1.29, 1.82) is 0 Å². The fraction of sp³-hybridized carbons (Fsp3) is 0.753. The number of nitrogens with zero attached hydrogens (tertiary/aromatic N) is 9.